The number of hydrogen-bond donors (Lipinski definition) is 1. The topological polar surface area (TPSA) is 70.5 Å². The van der Waals surface area contributed by atoms with Crippen LogP contribution in [0.4, 0.5) is 5.88 Å². The standard InChI is InChI=1S/C14H16N2O3/c1-17-9-5-6-10(11(7-9)18-2)12-13(8-3-4-8)16-19-14(12)15/h5-8H,3-4,15H2,1-2H3. The maximum atomic E-state index is 5.92. The molecular formula is C14H16N2O3. The molecule has 1 aromatic heterocycles. The number of nitrogens with two attached hydrogens (primary N) is 1. The van der Waals surface area contributed by atoms with E-state index in [1.54, 1.807) is 14.2 Å². The second kappa shape index (κ2) is 4.50. The molecule has 0 aliphatic heterocycles. The van der Waals surface area contributed by atoms with Gasteiger partial charge in [-0.25, -0.2) is 0 Å². The summed E-state index contributed by atoms with van der Waals surface area (Å²) in [4.78, 5) is 0. The lowest BCUT2D eigenvalue weighted by Gasteiger charge is -2.10. The first-order valence-electron chi connectivity index (χ1n) is 6.22. The maximum Gasteiger partial charge on any atom is 0.230 e. The number of rotatable bonds is 4. The van der Waals surface area contributed by atoms with Crippen molar-refractivity contribution in [3.63, 3.8) is 0 Å². The van der Waals surface area contributed by atoms with E-state index in [0.29, 0.717) is 17.6 Å². The number of methoxy groups -OCH3 is 2. The molecule has 1 aliphatic rings. The summed E-state index contributed by atoms with van der Waals surface area (Å²) in [6.45, 7) is 0. The number of aromatic nitrogens is 1. The number of nitrogen functional groups attached to an aromatic ring is 1. The van der Waals surface area contributed by atoms with Gasteiger partial charge in [-0.2, -0.15) is 0 Å². The van der Waals surface area contributed by atoms with Gasteiger partial charge in [0.1, 0.15) is 11.5 Å². The minimum absolute atomic E-state index is 0.338. The van der Waals surface area contributed by atoms with Crippen LogP contribution in [0.5, 0.6) is 11.5 Å². The predicted molar refractivity (Wildman–Crippen MR) is 71.4 cm³/mol. The van der Waals surface area contributed by atoms with E-state index >= 15 is 0 Å². The highest BCUT2D eigenvalue weighted by Crippen LogP contribution is 2.47. The first-order chi connectivity index (χ1) is 9.24. The Morgan fingerprint density at radius 1 is 1.26 bits per heavy atom. The molecule has 0 amide bonds. The van der Waals surface area contributed by atoms with E-state index in [1.807, 2.05) is 18.2 Å². The molecular weight excluding hydrogens is 244 g/mol. The Labute approximate surface area is 111 Å². The molecule has 1 aliphatic carbocycles. The molecule has 1 heterocycles. The van der Waals surface area contributed by atoms with Crippen LogP contribution in [-0.2, 0) is 0 Å². The van der Waals surface area contributed by atoms with Crippen LogP contribution in [0.25, 0.3) is 11.1 Å². The Balaban J connectivity index is 2.13. The highest BCUT2D eigenvalue weighted by Gasteiger charge is 2.32. The first-order valence-corrected chi connectivity index (χ1v) is 6.22. The van der Waals surface area contributed by atoms with E-state index in [9.17, 15) is 0 Å². The monoisotopic (exact) mass is 260 g/mol. The molecule has 2 N–H and O–H groups in total. The second-order valence-corrected chi connectivity index (χ2v) is 4.65. The fourth-order valence-electron chi connectivity index (χ4n) is 2.23. The molecule has 3 rings (SSSR count). The molecule has 19 heavy (non-hydrogen) atoms. The molecule has 100 valence electrons. The van der Waals surface area contributed by atoms with Crippen molar-refractivity contribution in [2.45, 2.75) is 18.8 Å². The maximum absolute atomic E-state index is 5.92. The first kappa shape index (κ1) is 11.9. The number of anilines is 1. The van der Waals surface area contributed by atoms with Crippen molar-refractivity contribution in [3.05, 3.63) is 23.9 Å². The van der Waals surface area contributed by atoms with Crippen molar-refractivity contribution in [1.29, 1.82) is 0 Å². The SMILES string of the molecule is COc1ccc(-c2c(C3CC3)noc2N)c(OC)c1. The minimum Gasteiger partial charge on any atom is -0.497 e. The molecule has 5 heteroatoms. The summed E-state index contributed by atoms with van der Waals surface area (Å²) in [5.74, 6) is 2.24. The Hall–Kier alpha value is -2.17. The Morgan fingerprint density at radius 3 is 2.68 bits per heavy atom. The largest absolute Gasteiger partial charge is 0.497 e. The van der Waals surface area contributed by atoms with Crippen LogP contribution in [0.1, 0.15) is 24.5 Å². The highest BCUT2D eigenvalue weighted by atomic mass is 16.5. The zero-order valence-electron chi connectivity index (χ0n) is 11.0. The third-order valence-electron chi connectivity index (χ3n) is 3.39. The smallest absolute Gasteiger partial charge is 0.230 e. The number of benzene rings is 1. The fraction of sp³-hybridized carbons (Fsp3) is 0.357. The van der Waals surface area contributed by atoms with E-state index in [0.717, 1.165) is 35.4 Å². The fourth-order valence-corrected chi connectivity index (χ4v) is 2.23. The summed E-state index contributed by atoms with van der Waals surface area (Å²) in [5, 5.41) is 4.09. The van der Waals surface area contributed by atoms with E-state index in [-0.39, 0.29) is 0 Å². The van der Waals surface area contributed by atoms with Crippen LogP contribution in [-0.4, -0.2) is 19.4 Å². The summed E-state index contributed by atoms with van der Waals surface area (Å²) in [6, 6.07) is 5.63. The van der Waals surface area contributed by atoms with Crippen LogP contribution in [0.15, 0.2) is 22.7 Å². The van der Waals surface area contributed by atoms with Crippen LogP contribution in [0.3, 0.4) is 0 Å². The third kappa shape index (κ3) is 2.01. The number of ether oxygens (including phenoxy) is 2. The van der Waals surface area contributed by atoms with Crippen LogP contribution < -0.4 is 15.2 Å². The highest BCUT2D eigenvalue weighted by molar-refractivity contribution is 5.81. The van der Waals surface area contributed by atoms with Gasteiger partial charge in [-0.05, 0) is 25.0 Å². The van der Waals surface area contributed by atoms with Gasteiger partial charge in [0.25, 0.3) is 0 Å². The van der Waals surface area contributed by atoms with Crippen molar-refractivity contribution in [2.24, 2.45) is 0 Å². The summed E-state index contributed by atoms with van der Waals surface area (Å²) in [7, 11) is 3.25. The summed E-state index contributed by atoms with van der Waals surface area (Å²) in [5.41, 5.74) is 8.59. The molecule has 0 atom stereocenters. The molecule has 0 radical (unpaired) electrons. The third-order valence-corrected chi connectivity index (χ3v) is 3.39. The number of nitrogens with zero attached hydrogens (tertiary/aromatic N) is 1. The predicted octanol–water partition coefficient (Wildman–Crippen LogP) is 2.82. The van der Waals surface area contributed by atoms with Gasteiger partial charge in [0.05, 0.1) is 25.5 Å². The Morgan fingerprint density at radius 2 is 2.05 bits per heavy atom. The van der Waals surface area contributed by atoms with E-state index in [1.165, 1.54) is 0 Å². The van der Waals surface area contributed by atoms with Crippen LogP contribution in [0.2, 0.25) is 0 Å². The molecule has 5 nitrogen and oxygen atoms in total. The normalized spacial score (nSPS) is 14.4. The average Bonchev–Trinajstić information content (AvgIpc) is 3.21. The van der Waals surface area contributed by atoms with Gasteiger partial charge in [0.15, 0.2) is 0 Å². The van der Waals surface area contributed by atoms with Gasteiger partial charge in [0, 0.05) is 17.5 Å². The summed E-state index contributed by atoms with van der Waals surface area (Å²) < 4.78 is 15.8. The van der Waals surface area contributed by atoms with Crippen molar-refractivity contribution in [2.75, 3.05) is 20.0 Å². The molecule has 1 fully saturated rings. The average molecular weight is 260 g/mol. The van der Waals surface area contributed by atoms with Gasteiger partial charge >= 0.3 is 0 Å². The Kier molecular flexibility index (Phi) is 2.81. The molecule has 2 aromatic rings. The van der Waals surface area contributed by atoms with Crippen molar-refractivity contribution >= 4 is 5.88 Å². The van der Waals surface area contributed by atoms with E-state index in [4.69, 9.17) is 19.7 Å². The molecule has 1 saturated carbocycles. The van der Waals surface area contributed by atoms with Gasteiger partial charge in [-0.3, -0.25) is 0 Å². The van der Waals surface area contributed by atoms with Gasteiger partial charge in [-0.1, -0.05) is 5.16 Å². The molecule has 0 unspecified atom stereocenters. The van der Waals surface area contributed by atoms with E-state index < -0.39 is 0 Å². The van der Waals surface area contributed by atoms with Crippen molar-refractivity contribution in [3.8, 4) is 22.6 Å². The zero-order chi connectivity index (χ0) is 13.4. The van der Waals surface area contributed by atoms with Gasteiger partial charge < -0.3 is 19.7 Å². The molecule has 0 bridgehead atoms. The quantitative estimate of drug-likeness (QED) is 0.915. The van der Waals surface area contributed by atoms with Gasteiger partial charge in [0.2, 0.25) is 5.88 Å². The van der Waals surface area contributed by atoms with Gasteiger partial charge in [-0.15, -0.1) is 0 Å². The summed E-state index contributed by atoms with van der Waals surface area (Å²) >= 11 is 0. The molecule has 0 saturated heterocycles. The lowest BCUT2D eigenvalue weighted by atomic mass is 10.0. The summed E-state index contributed by atoms with van der Waals surface area (Å²) in [6.07, 6.45) is 2.27. The Bertz CT molecular complexity index is 603. The van der Waals surface area contributed by atoms with Crippen LogP contribution >= 0.6 is 0 Å². The second-order valence-electron chi connectivity index (χ2n) is 4.65. The molecule has 0 spiro atoms. The van der Waals surface area contributed by atoms with E-state index in [2.05, 4.69) is 5.16 Å². The van der Waals surface area contributed by atoms with Crippen molar-refractivity contribution in [1.82, 2.24) is 5.16 Å². The zero-order valence-corrected chi connectivity index (χ0v) is 11.0. The lowest BCUT2D eigenvalue weighted by molar-refractivity contribution is 0.395. The van der Waals surface area contributed by atoms with Crippen LogP contribution in [0, 0.1) is 0 Å². The number of hydrogen-bond acceptors (Lipinski definition) is 5. The van der Waals surface area contributed by atoms with Crippen molar-refractivity contribution < 1.29 is 14.0 Å². The lowest BCUT2D eigenvalue weighted by Crippen LogP contribution is -1.94. The minimum atomic E-state index is 0.338. The molecule has 1 aromatic carbocycles.